The van der Waals surface area contributed by atoms with Gasteiger partial charge in [0.25, 0.3) is 0 Å². The van der Waals surface area contributed by atoms with Crippen molar-refractivity contribution in [1.29, 1.82) is 0 Å². The van der Waals surface area contributed by atoms with E-state index in [0.29, 0.717) is 33.5 Å². The molecule has 1 aromatic heterocycles. The first-order valence-corrected chi connectivity index (χ1v) is 12.6. The van der Waals surface area contributed by atoms with Crippen LogP contribution in [0.4, 0.5) is 0 Å². The number of ether oxygens (including phenoxy) is 3. The molecule has 200 valence electrons. The summed E-state index contributed by atoms with van der Waals surface area (Å²) >= 11 is 1.02. The van der Waals surface area contributed by atoms with Crippen LogP contribution < -0.4 is 9.47 Å². The standard InChI is InChI=1S/C29H26N2O7S/c1-16-5-6-20(11-17(16)2)28(33)22(27(29(34)35)19-8-10-23-24(13-19)31-39-30-23)12-18-7-9-21(36-3)14-25(18)38-15-26(32)37-4/h5-11,13-14H,12,15H2,1-4H3,(H,34,35). The van der Waals surface area contributed by atoms with Crippen LogP contribution in [-0.4, -0.2) is 52.4 Å². The predicted molar refractivity (Wildman–Crippen MR) is 146 cm³/mol. The van der Waals surface area contributed by atoms with Crippen molar-refractivity contribution in [1.82, 2.24) is 8.75 Å². The van der Waals surface area contributed by atoms with Crippen LogP contribution in [0.5, 0.6) is 11.5 Å². The second-order valence-corrected chi connectivity index (χ2v) is 9.30. The number of allylic oxidation sites excluding steroid dienone is 1. The van der Waals surface area contributed by atoms with Gasteiger partial charge in [-0.3, -0.25) is 4.79 Å². The minimum atomic E-state index is -1.27. The minimum Gasteiger partial charge on any atom is -0.497 e. The van der Waals surface area contributed by atoms with Gasteiger partial charge in [-0.25, -0.2) is 9.59 Å². The highest BCUT2D eigenvalue weighted by atomic mass is 32.1. The Kier molecular flexibility index (Phi) is 8.36. The molecule has 39 heavy (non-hydrogen) atoms. The number of carboxylic acids is 1. The number of fused-ring (bicyclic) bond motifs is 1. The van der Waals surface area contributed by atoms with Crippen LogP contribution in [0.2, 0.25) is 0 Å². The Morgan fingerprint density at radius 2 is 1.62 bits per heavy atom. The van der Waals surface area contributed by atoms with Gasteiger partial charge in [-0.15, -0.1) is 0 Å². The Morgan fingerprint density at radius 1 is 0.872 bits per heavy atom. The summed E-state index contributed by atoms with van der Waals surface area (Å²) in [5.74, 6) is -1.59. The van der Waals surface area contributed by atoms with Gasteiger partial charge in [-0.05, 0) is 60.4 Å². The van der Waals surface area contributed by atoms with Crippen molar-refractivity contribution < 1.29 is 33.7 Å². The zero-order valence-electron chi connectivity index (χ0n) is 21.8. The molecular weight excluding hydrogens is 520 g/mol. The van der Waals surface area contributed by atoms with Crippen molar-refractivity contribution in [3.8, 4) is 11.5 Å². The summed E-state index contributed by atoms with van der Waals surface area (Å²) in [5, 5.41) is 10.4. The van der Waals surface area contributed by atoms with Crippen molar-refractivity contribution in [2.75, 3.05) is 20.8 Å². The lowest BCUT2D eigenvalue weighted by Crippen LogP contribution is -2.16. The molecule has 0 aliphatic rings. The number of methoxy groups -OCH3 is 2. The number of carboxylic acid groups (broad SMARTS) is 1. The third-order valence-corrected chi connectivity index (χ3v) is 6.87. The lowest BCUT2D eigenvalue weighted by Gasteiger charge is -2.17. The third kappa shape index (κ3) is 6.12. The highest BCUT2D eigenvalue weighted by Crippen LogP contribution is 2.32. The maximum Gasteiger partial charge on any atom is 0.343 e. The fourth-order valence-electron chi connectivity index (χ4n) is 4.03. The van der Waals surface area contributed by atoms with Crippen molar-refractivity contribution >= 4 is 46.1 Å². The second kappa shape index (κ2) is 11.9. The van der Waals surface area contributed by atoms with E-state index in [2.05, 4.69) is 13.5 Å². The third-order valence-electron chi connectivity index (χ3n) is 6.32. The van der Waals surface area contributed by atoms with Crippen molar-refractivity contribution in [3.05, 3.63) is 88.0 Å². The molecule has 0 amide bonds. The fraction of sp³-hybridized carbons (Fsp3) is 0.207. The molecule has 0 fully saturated rings. The fourth-order valence-corrected chi connectivity index (χ4v) is 4.55. The SMILES string of the molecule is COC(=O)COc1cc(OC)ccc1CC(C(=O)c1ccc(C)c(C)c1)=C(C(=O)O)c1ccc2nsnc2c1. The van der Waals surface area contributed by atoms with Crippen LogP contribution in [0.3, 0.4) is 0 Å². The van der Waals surface area contributed by atoms with Crippen LogP contribution in [0.25, 0.3) is 16.6 Å². The molecule has 1 N–H and O–H groups in total. The van der Waals surface area contributed by atoms with Crippen LogP contribution in [0, 0.1) is 13.8 Å². The second-order valence-electron chi connectivity index (χ2n) is 8.77. The van der Waals surface area contributed by atoms with E-state index in [4.69, 9.17) is 9.47 Å². The van der Waals surface area contributed by atoms with Gasteiger partial charge in [0, 0.05) is 23.6 Å². The number of carbonyl (C=O) groups is 3. The number of Topliss-reactive ketones (excluding diaryl/α,β-unsaturated/α-hetero) is 1. The molecule has 0 radical (unpaired) electrons. The maximum atomic E-state index is 14.0. The van der Waals surface area contributed by atoms with Gasteiger partial charge in [-0.1, -0.05) is 24.3 Å². The first-order chi connectivity index (χ1) is 18.7. The number of esters is 1. The van der Waals surface area contributed by atoms with E-state index < -0.39 is 17.7 Å². The average molecular weight is 547 g/mol. The number of hydrogen-bond acceptors (Lipinski definition) is 9. The summed E-state index contributed by atoms with van der Waals surface area (Å²) < 4.78 is 24.1. The number of ketones is 1. The lowest BCUT2D eigenvalue weighted by molar-refractivity contribution is -0.143. The Labute approximate surface area is 229 Å². The zero-order chi connectivity index (χ0) is 28.1. The monoisotopic (exact) mass is 546 g/mol. The molecule has 4 rings (SSSR count). The van der Waals surface area contributed by atoms with E-state index in [1.54, 1.807) is 48.5 Å². The molecule has 0 saturated heterocycles. The van der Waals surface area contributed by atoms with E-state index >= 15 is 0 Å². The van der Waals surface area contributed by atoms with Crippen LogP contribution in [-0.2, 0) is 20.7 Å². The molecule has 0 aliphatic carbocycles. The quantitative estimate of drug-likeness (QED) is 0.169. The van der Waals surface area contributed by atoms with Gasteiger partial charge in [0.2, 0.25) is 0 Å². The molecule has 10 heteroatoms. The lowest BCUT2D eigenvalue weighted by atomic mass is 9.88. The molecule has 0 saturated carbocycles. The van der Waals surface area contributed by atoms with Crippen LogP contribution in [0.15, 0.2) is 60.2 Å². The van der Waals surface area contributed by atoms with Gasteiger partial charge < -0.3 is 19.3 Å². The number of rotatable bonds is 10. The number of hydrogen-bond donors (Lipinski definition) is 1. The summed E-state index contributed by atoms with van der Waals surface area (Å²) in [6.45, 7) is 3.45. The number of aromatic nitrogens is 2. The topological polar surface area (TPSA) is 125 Å². The average Bonchev–Trinajstić information content (AvgIpc) is 3.40. The van der Waals surface area contributed by atoms with Crippen molar-refractivity contribution in [2.24, 2.45) is 0 Å². The summed E-state index contributed by atoms with van der Waals surface area (Å²) in [4.78, 5) is 38.5. The molecule has 1 heterocycles. The minimum absolute atomic E-state index is 0.0429. The van der Waals surface area contributed by atoms with Crippen molar-refractivity contribution in [2.45, 2.75) is 20.3 Å². The molecular formula is C29H26N2O7S. The van der Waals surface area contributed by atoms with Gasteiger partial charge in [0.1, 0.15) is 22.5 Å². The molecule has 0 unspecified atom stereocenters. The van der Waals surface area contributed by atoms with E-state index in [1.807, 2.05) is 19.9 Å². The number of aryl methyl sites for hydroxylation is 2. The first kappa shape index (κ1) is 27.5. The summed E-state index contributed by atoms with van der Waals surface area (Å²) in [5.41, 5.74) is 4.11. The summed E-state index contributed by atoms with van der Waals surface area (Å²) in [7, 11) is 2.73. The Bertz CT molecular complexity index is 1610. The molecule has 9 nitrogen and oxygen atoms in total. The van der Waals surface area contributed by atoms with E-state index in [0.717, 1.165) is 22.9 Å². The maximum absolute atomic E-state index is 14.0. The van der Waals surface area contributed by atoms with Crippen LogP contribution >= 0.6 is 11.7 Å². The molecule has 0 bridgehead atoms. The highest BCUT2D eigenvalue weighted by molar-refractivity contribution is 7.00. The van der Waals surface area contributed by atoms with Gasteiger partial charge in [-0.2, -0.15) is 8.75 Å². The van der Waals surface area contributed by atoms with Crippen molar-refractivity contribution in [3.63, 3.8) is 0 Å². The van der Waals surface area contributed by atoms with Gasteiger partial charge in [0.05, 0.1) is 31.5 Å². The highest BCUT2D eigenvalue weighted by Gasteiger charge is 2.26. The largest absolute Gasteiger partial charge is 0.497 e. The van der Waals surface area contributed by atoms with E-state index in [-0.39, 0.29) is 29.9 Å². The number of nitrogens with zero attached hydrogens (tertiary/aromatic N) is 2. The number of aliphatic carboxylic acids is 1. The molecule has 0 atom stereocenters. The summed E-state index contributed by atoms with van der Waals surface area (Å²) in [6, 6.07) is 15.1. The predicted octanol–water partition coefficient (Wildman–Crippen LogP) is 4.83. The Hall–Kier alpha value is -4.57. The molecule has 4 aromatic rings. The summed E-state index contributed by atoms with van der Waals surface area (Å²) in [6.07, 6.45) is -0.0960. The van der Waals surface area contributed by atoms with E-state index in [9.17, 15) is 19.5 Å². The number of carbonyl (C=O) groups excluding carboxylic acids is 2. The molecule has 0 aliphatic heterocycles. The molecule has 0 spiro atoms. The normalized spacial score (nSPS) is 11.6. The first-order valence-electron chi connectivity index (χ1n) is 11.9. The van der Waals surface area contributed by atoms with Crippen LogP contribution in [0.1, 0.15) is 32.6 Å². The van der Waals surface area contributed by atoms with Gasteiger partial charge >= 0.3 is 11.9 Å². The number of benzene rings is 3. The zero-order valence-corrected chi connectivity index (χ0v) is 22.6. The van der Waals surface area contributed by atoms with Gasteiger partial charge in [0.15, 0.2) is 12.4 Å². The smallest absolute Gasteiger partial charge is 0.343 e. The molecule has 3 aromatic carbocycles. The van der Waals surface area contributed by atoms with E-state index in [1.165, 1.54) is 14.2 Å². The Balaban J connectivity index is 1.91. The Morgan fingerprint density at radius 3 is 2.31 bits per heavy atom.